The van der Waals surface area contributed by atoms with E-state index < -0.39 is 0 Å². The van der Waals surface area contributed by atoms with E-state index in [0.29, 0.717) is 13.0 Å². The first-order valence-corrected chi connectivity index (χ1v) is 7.89. The normalized spacial score (nSPS) is 10.1. The molecule has 0 heterocycles. The summed E-state index contributed by atoms with van der Waals surface area (Å²) in [5, 5.41) is 5.33. The number of hydrogen-bond acceptors (Lipinski definition) is 3. The summed E-state index contributed by atoms with van der Waals surface area (Å²) in [5.74, 6) is 0.486. The second kappa shape index (κ2) is 8.72. The molecule has 0 aromatic heterocycles. The number of amides is 2. The molecule has 0 saturated heterocycles. The molecule has 2 aromatic carbocycles. The molecule has 0 spiro atoms. The summed E-state index contributed by atoms with van der Waals surface area (Å²) in [6.07, 6.45) is 0.374. The lowest BCUT2D eigenvalue weighted by Gasteiger charge is -2.08. The van der Waals surface area contributed by atoms with E-state index in [2.05, 4.69) is 10.6 Å². The predicted octanol–water partition coefficient (Wildman–Crippen LogP) is 2.50. The molecule has 2 aromatic rings. The Hall–Kier alpha value is -2.82. The summed E-state index contributed by atoms with van der Waals surface area (Å²) in [6, 6.07) is 15.8. The number of nitrogens with one attached hydrogen (secondary N) is 2. The van der Waals surface area contributed by atoms with Gasteiger partial charge in [0.1, 0.15) is 5.75 Å². The molecule has 5 heteroatoms. The summed E-state index contributed by atoms with van der Waals surface area (Å²) in [6.45, 7) is 2.19. The van der Waals surface area contributed by atoms with Gasteiger partial charge >= 0.3 is 0 Å². The lowest BCUT2D eigenvalue weighted by molar-refractivity contribution is -0.126. The van der Waals surface area contributed by atoms with E-state index in [1.54, 1.807) is 14.0 Å². The third-order valence-corrected chi connectivity index (χ3v) is 3.61. The fraction of sp³-hybridized carbons (Fsp3) is 0.263. The molecule has 0 aliphatic rings. The SMILES string of the molecule is CCC(=O)NCC(=O)NCc1ccc(-c2cccc(OC)c2)cc1. The molecule has 126 valence electrons. The van der Waals surface area contributed by atoms with Gasteiger partial charge in [0.25, 0.3) is 0 Å². The van der Waals surface area contributed by atoms with E-state index in [1.807, 2.05) is 48.5 Å². The van der Waals surface area contributed by atoms with Crippen LogP contribution in [0.1, 0.15) is 18.9 Å². The minimum absolute atomic E-state index is 0.00850. The van der Waals surface area contributed by atoms with E-state index in [0.717, 1.165) is 22.4 Å². The van der Waals surface area contributed by atoms with Gasteiger partial charge in [0.05, 0.1) is 13.7 Å². The molecule has 0 atom stereocenters. The van der Waals surface area contributed by atoms with Gasteiger partial charge < -0.3 is 15.4 Å². The maximum Gasteiger partial charge on any atom is 0.239 e. The van der Waals surface area contributed by atoms with Gasteiger partial charge in [-0.2, -0.15) is 0 Å². The summed E-state index contributed by atoms with van der Waals surface area (Å²) < 4.78 is 5.24. The van der Waals surface area contributed by atoms with Gasteiger partial charge in [0.2, 0.25) is 11.8 Å². The van der Waals surface area contributed by atoms with Crippen molar-refractivity contribution in [1.29, 1.82) is 0 Å². The van der Waals surface area contributed by atoms with Crippen LogP contribution in [0, 0.1) is 0 Å². The third-order valence-electron chi connectivity index (χ3n) is 3.61. The van der Waals surface area contributed by atoms with Crippen LogP contribution in [0.25, 0.3) is 11.1 Å². The lowest BCUT2D eigenvalue weighted by Crippen LogP contribution is -2.36. The summed E-state index contributed by atoms with van der Waals surface area (Å²) in [7, 11) is 1.65. The number of rotatable bonds is 7. The highest BCUT2D eigenvalue weighted by molar-refractivity contribution is 5.84. The van der Waals surface area contributed by atoms with Crippen molar-refractivity contribution < 1.29 is 14.3 Å². The molecule has 2 N–H and O–H groups in total. The quantitative estimate of drug-likeness (QED) is 0.821. The van der Waals surface area contributed by atoms with Gasteiger partial charge in [-0.1, -0.05) is 43.3 Å². The number of hydrogen-bond donors (Lipinski definition) is 2. The van der Waals surface area contributed by atoms with Gasteiger partial charge in [-0.05, 0) is 28.8 Å². The van der Waals surface area contributed by atoms with Crippen LogP contribution < -0.4 is 15.4 Å². The molecule has 0 radical (unpaired) electrons. The monoisotopic (exact) mass is 326 g/mol. The Morgan fingerprint density at radius 3 is 2.38 bits per heavy atom. The zero-order valence-corrected chi connectivity index (χ0v) is 14.0. The Balaban J connectivity index is 1.90. The number of ether oxygens (including phenoxy) is 1. The van der Waals surface area contributed by atoms with Crippen molar-refractivity contribution in [3.05, 3.63) is 54.1 Å². The zero-order chi connectivity index (χ0) is 17.4. The van der Waals surface area contributed by atoms with Gasteiger partial charge in [-0.3, -0.25) is 9.59 Å². The average molecular weight is 326 g/mol. The molecule has 2 amide bonds. The molecule has 5 nitrogen and oxygen atoms in total. The highest BCUT2D eigenvalue weighted by Gasteiger charge is 2.04. The van der Waals surface area contributed by atoms with Crippen molar-refractivity contribution in [1.82, 2.24) is 10.6 Å². The third kappa shape index (κ3) is 5.12. The molecule has 0 saturated carbocycles. The van der Waals surface area contributed by atoms with Crippen LogP contribution in [0.4, 0.5) is 0 Å². The number of carbonyl (C=O) groups is 2. The predicted molar refractivity (Wildman–Crippen MR) is 93.6 cm³/mol. The van der Waals surface area contributed by atoms with Crippen molar-refractivity contribution in [2.24, 2.45) is 0 Å². The molecule has 0 aliphatic heterocycles. The van der Waals surface area contributed by atoms with Crippen molar-refractivity contribution in [3.8, 4) is 16.9 Å². The first-order valence-electron chi connectivity index (χ1n) is 7.89. The van der Waals surface area contributed by atoms with Gasteiger partial charge in [-0.15, -0.1) is 0 Å². The largest absolute Gasteiger partial charge is 0.497 e. The summed E-state index contributed by atoms with van der Waals surface area (Å²) >= 11 is 0. The van der Waals surface area contributed by atoms with E-state index in [9.17, 15) is 9.59 Å². The van der Waals surface area contributed by atoms with Crippen LogP contribution in [0.2, 0.25) is 0 Å². The van der Waals surface area contributed by atoms with E-state index >= 15 is 0 Å². The summed E-state index contributed by atoms with van der Waals surface area (Å²) in [4.78, 5) is 22.8. The second-order valence-corrected chi connectivity index (χ2v) is 5.34. The lowest BCUT2D eigenvalue weighted by atomic mass is 10.0. The van der Waals surface area contributed by atoms with Gasteiger partial charge in [0, 0.05) is 13.0 Å². The standard InChI is InChI=1S/C19H22N2O3/c1-3-18(22)21-13-19(23)20-12-14-7-9-15(10-8-14)16-5-4-6-17(11-16)24-2/h4-11H,3,12-13H2,1-2H3,(H,20,23)(H,21,22). The Bertz CT molecular complexity index is 696. The number of methoxy groups -OCH3 is 1. The Morgan fingerprint density at radius 1 is 0.958 bits per heavy atom. The van der Waals surface area contributed by atoms with Crippen LogP contribution in [-0.4, -0.2) is 25.5 Å². The maximum atomic E-state index is 11.7. The molecular formula is C19H22N2O3. The fourth-order valence-electron chi connectivity index (χ4n) is 2.18. The van der Waals surface area contributed by atoms with Crippen LogP contribution in [0.15, 0.2) is 48.5 Å². The van der Waals surface area contributed by atoms with Crippen LogP contribution in [0.5, 0.6) is 5.75 Å². The highest BCUT2D eigenvalue weighted by Crippen LogP contribution is 2.23. The molecule has 2 rings (SSSR count). The van der Waals surface area contributed by atoms with Crippen molar-refractivity contribution >= 4 is 11.8 Å². The topological polar surface area (TPSA) is 67.4 Å². The van der Waals surface area contributed by atoms with Crippen LogP contribution >= 0.6 is 0 Å². The Kier molecular flexibility index (Phi) is 6.37. The van der Waals surface area contributed by atoms with Crippen LogP contribution in [0.3, 0.4) is 0 Å². The van der Waals surface area contributed by atoms with Gasteiger partial charge in [0.15, 0.2) is 0 Å². The minimum Gasteiger partial charge on any atom is -0.497 e. The molecule has 0 aliphatic carbocycles. The highest BCUT2D eigenvalue weighted by atomic mass is 16.5. The smallest absolute Gasteiger partial charge is 0.239 e. The van der Waals surface area contributed by atoms with E-state index in [4.69, 9.17) is 4.74 Å². The Morgan fingerprint density at radius 2 is 1.71 bits per heavy atom. The summed E-state index contributed by atoms with van der Waals surface area (Å²) in [5.41, 5.74) is 3.16. The zero-order valence-electron chi connectivity index (χ0n) is 14.0. The molecular weight excluding hydrogens is 304 g/mol. The van der Waals surface area contributed by atoms with Crippen molar-refractivity contribution in [2.45, 2.75) is 19.9 Å². The van der Waals surface area contributed by atoms with Gasteiger partial charge in [-0.25, -0.2) is 0 Å². The number of benzene rings is 2. The number of carbonyl (C=O) groups excluding carboxylic acids is 2. The second-order valence-electron chi connectivity index (χ2n) is 5.34. The molecule has 0 fully saturated rings. The van der Waals surface area contributed by atoms with Crippen LogP contribution in [-0.2, 0) is 16.1 Å². The average Bonchev–Trinajstić information content (AvgIpc) is 2.64. The minimum atomic E-state index is -0.200. The Labute approximate surface area is 142 Å². The fourth-order valence-corrected chi connectivity index (χ4v) is 2.18. The first-order chi connectivity index (χ1) is 11.6. The van der Waals surface area contributed by atoms with E-state index in [1.165, 1.54) is 0 Å². The first kappa shape index (κ1) is 17.5. The molecule has 24 heavy (non-hydrogen) atoms. The molecule has 0 unspecified atom stereocenters. The molecule has 0 bridgehead atoms. The van der Waals surface area contributed by atoms with Crippen molar-refractivity contribution in [2.75, 3.05) is 13.7 Å². The van der Waals surface area contributed by atoms with Crippen molar-refractivity contribution in [3.63, 3.8) is 0 Å². The van der Waals surface area contributed by atoms with E-state index in [-0.39, 0.29) is 18.4 Å². The maximum absolute atomic E-state index is 11.7.